The maximum Gasteiger partial charge on any atom is 0.185 e. The second kappa shape index (κ2) is 6.19. The number of nitrogen functional groups attached to an aromatic ring is 1. The highest BCUT2D eigenvalue weighted by Crippen LogP contribution is 2.08. The zero-order valence-electron chi connectivity index (χ0n) is 9.41. The van der Waals surface area contributed by atoms with Crippen molar-refractivity contribution in [1.29, 1.82) is 0 Å². The highest BCUT2D eigenvalue weighted by Gasteiger charge is 1.96. The van der Waals surface area contributed by atoms with E-state index >= 15 is 0 Å². The Balaban J connectivity index is 2.56. The van der Waals surface area contributed by atoms with Crippen molar-refractivity contribution in [3.8, 4) is 11.8 Å². The maximum atomic E-state index is 10.7. The number of rotatable bonds is 2. The van der Waals surface area contributed by atoms with E-state index in [0.29, 0.717) is 12.2 Å². The molecule has 0 aliphatic carbocycles. The SMILES string of the molecule is CC(=O)SCCC#Cc1cc(C)cnc1N. The van der Waals surface area contributed by atoms with E-state index in [0.717, 1.165) is 16.9 Å². The van der Waals surface area contributed by atoms with Crippen LogP contribution in [0.3, 0.4) is 0 Å². The van der Waals surface area contributed by atoms with E-state index in [1.165, 1.54) is 11.8 Å². The maximum absolute atomic E-state index is 10.7. The zero-order valence-corrected chi connectivity index (χ0v) is 10.2. The molecule has 0 atom stereocenters. The van der Waals surface area contributed by atoms with E-state index in [4.69, 9.17) is 5.73 Å². The summed E-state index contributed by atoms with van der Waals surface area (Å²) in [5.74, 6) is 7.13. The number of hydrogen-bond donors (Lipinski definition) is 1. The van der Waals surface area contributed by atoms with E-state index in [1.807, 2.05) is 13.0 Å². The van der Waals surface area contributed by atoms with Gasteiger partial charge in [-0.2, -0.15) is 0 Å². The molecular formula is C12H14N2OS. The molecule has 0 bridgehead atoms. The van der Waals surface area contributed by atoms with Gasteiger partial charge in [-0.15, -0.1) is 0 Å². The standard InChI is InChI=1S/C12H14N2OS/c1-9-7-11(12(13)14-8-9)5-3-4-6-16-10(2)15/h7-8H,4,6H2,1-2H3,(H2,13,14). The molecule has 0 aliphatic rings. The van der Waals surface area contributed by atoms with Crippen molar-refractivity contribution in [1.82, 2.24) is 4.98 Å². The number of carbonyl (C=O) groups is 1. The first-order valence-corrected chi connectivity index (χ1v) is 5.92. The molecule has 1 aromatic heterocycles. The number of carbonyl (C=O) groups excluding carboxylic acids is 1. The summed E-state index contributed by atoms with van der Waals surface area (Å²) >= 11 is 1.29. The van der Waals surface area contributed by atoms with E-state index in [2.05, 4.69) is 16.8 Å². The molecule has 1 rings (SSSR count). The molecule has 0 spiro atoms. The molecule has 4 heteroatoms. The van der Waals surface area contributed by atoms with Crippen LogP contribution in [0.5, 0.6) is 0 Å². The van der Waals surface area contributed by atoms with Crippen LogP contribution in [-0.4, -0.2) is 15.9 Å². The van der Waals surface area contributed by atoms with E-state index in [9.17, 15) is 4.79 Å². The van der Waals surface area contributed by atoms with Gasteiger partial charge in [0.2, 0.25) is 0 Å². The molecule has 0 fully saturated rings. The molecule has 0 saturated heterocycles. The first-order chi connectivity index (χ1) is 7.59. The Morgan fingerprint density at radius 1 is 1.62 bits per heavy atom. The third-order valence-corrected chi connectivity index (χ3v) is 2.63. The lowest BCUT2D eigenvalue weighted by Crippen LogP contribution is -1.94. The van der Waals surface area contributed by atoms with Gasteiger partial charge in [0, 0.05) is 25.3 Å². The van der Waals surface area contributed by atoms with Crippen molar-refractivity contribution < 1.29 is 4.79 Å². The molecule has 1 heterocycles. The van der Waals surface area contributed by atoms with Crippen LogP contribution in [0.1, 0.15) is 24.5 Å². The van der Waals surface area contributed by atoms with Crippen LogP contribution < -0.4 is 5.73 Å². The van der Waals surface area contributed by atoms with Gasteiger partial charge in [0.05, 0.1) is 5.56 Å². The predicted molar refractivity (Wildman–Crippen MR) is 68.0 cm³/mol. The average Bonchev–Trinajstić information content (AvgIpc) is 2.22. The molecule has 0 unspecified atom stereocenters. The quantitative estimate of drug-likeness (QED) is 0.628. The fraction of sp³-hybridized carbons (Fsp3) is 0.333. The zero-order chi connectivity index (χ0) is 12.0. The molecule has 3 nitrogen and oxygen atoms in total. The lowest BCUT2D eigenvalue weighted by molar-refractivity contribution is -0.109. The van der Waals surface area contributed by atoms with E-state index < -0.39 is 0 Å². The van der Waals surface area contributed by atoms with Gasteiger partial charge in [-0.25, -0.2) is 4.98 Å². The Morgan fingerprint density at radius 3 is 3.06 bits per heavy atom. The van der Waals surface area contributed by atoms with Crippen molar-refractivity contribution in [3.05, 3.63) is 23.4 Å². The third-order valence-electron chi connectivity index (χ3n) is 1.81. The topological polar surface area (TPSA) is 56.0 Å². The summed E-state index contributed by atoms with van der Waals surface area (Å²) in [5.41, 5.74) is 7.48. The van der Waals surface area contributed by atoms with Crippen LogP contribution in [0.25, 0.3) is 0 Å². The minimum absolute atomic E-state index is 0.124. The first kappa shape index (κ1) is 12.6. The fourth-order valence-corrected chi connectivity index (χ4v) is 1.58. The molecule has 0 saturated carbocycles. The Morgan fingerprint density at radius 2 is 2.38 bits per heavy atom. The van der Waals surface area contributed by atoms with Gasteiger partial charge in [-0.1, -0.05) is 23.6 Å². The summed E-state index contributed by atoms with van der Waals surface area (Å²) in [5, 5.41) is 0.124. The number of hydrogen-bond acceptors (Lipinski definition) is 4. The van der Waals surface area contributed by atoms with E-state index in [1.54, 1.807) is 13.1 Å². The number of nitrogens with zero attached hydrogens (tertiary/aromatic N) is 1. The minimum atomic E-state index is 0.124. The molecule has 0 aromatic carbocycles. The van der Waals surface area contributed by atoms with Crippen molar-refractivity contribution in [2.24, 2.45) is 0 Å². The van der Waals surface area contributed by atoms with Gasteiger partial charge >= 0.3 is 0 Å². The molecular weight excluding hydrogens is 220 g/mol. The number of nitrogens with two attached hydrogens (primary N) is 1. The summed E-state index contributed by atoms with van der Waals surface area (Å²) in [6.45, 7) is 3.50. The van der Waals surface area contributed by atoms with Crippen LogP contribution in [0.2, 0.25) is 0 Å². The van der Waals surface area contributed by atoms with Crippen molar-refractivity contribution in [2.75, 3.05) is 11.5 Å². The second-order valence-corrected chi connectivity index (χ2v) is 4.61. The minimum Gasteiger partial charge on any atom is -0.383 e. The highest BCUT2D eigenvalue weighted by atomic mass is 32.2. The number of aryl methyl sites for hydroxylation is 1. The van der Waals surface area contributed by atoms with Crippen LogP contribution in [0, 0.1) is 18.8 Å². The van der Waals surface area contributed by atoms with Crippen molar-refractivity contribution >= 4 is 22.7 Å². The summed E-state index contributed by atoms with van der Waals surface area (Å²) in [4.78, 5) is 14.7. The first-order valence-electron chi connectivity index (χ1n) is 4.94. The molecule has 0 radical (unpaired) electrons. The van der Waals surface area contributed by atoms with Crippen molar-refractivity contribution in [3.63, 3.8) is 0 Å². The van der Waals surface area contributed by atoms with Gasteiger partial charge in [0.25, 0.3) is 0 Å². The van der Waals surface area contributed by atoms with Gasteiger partial charge in [-0.05, 0) is 18.6 Å². The molecule has 0 aliphatic heterocycles. The Labute approximate surface area is 99.8 Å². The third kappa shape index (κ3) is 4.37. The van der Waals surface area contributed by atoms with Crippen LogP contribution >= 0.6 is 11.8 Å². The molecule has 84 valence electrons. The van der Waals surface area contributed by atoms with Crippen LogP contribution in [0.4, 0.5) is 5.82 Å². The van der Waals surface area contributed by atoms with Gasteiger partial charge < -0.3 is 5.73 Å². The Kier molecular flexibility index (Phi) is 4.87. The normalized spacial score (nSPS) is 9.38. The van der Waals surface area contributed by atoms with Crippen LogP contribution in [-0.2, 0) is 4.79 Å². The Hall–Kier alpha value is -1.47. The number of pyridine rings is 1. The number of thioether (sulfide) groups is 1. The number of aromatic nitrogens is 1. The van der Waals surface area contributed by atoms with Gasteiger partial charge in [-0.3, -0.25) is 4.79 Å². The van der Waals surface area contributed by atoms with Gasteiger partial charge in [0.1, 0.15) is 5.82 Å². The highest BCUT2D eigenvalue weighted by molar-refractivity contribution is 8.13. The smallest absolute Gasteiger partial charge is 0.185 e. The molecule has 1 aromatic rings. The lowest BCUT2D eigenvalue weighted by atomic mass is 10.2. The Bertz CT molecular complexity index is 446. The van der Waals surface area contributed by atoms with Gasteiger partial charge in [0.15, 0.2) is 5.12 Å². The molecule has 0 amide bonds. The second-order valence-electron chi connectivity index (χ2n) is 3.34. The van der Waals surface area contributed by atoms with E-state index in [-0.39, 0.29) is 5.12 Å². The number of anilines is 1. The predicted octanol–water partition coefficient (Wildman–Crippen LogP) is 1.99. The lowest BCUT2D eigenvalue weighted by Gasteiger charge is -1.97. The molecule has 16 heavy (non-hydrogen) atoms. The average molecular weight is 234 g/mol. The fourth-order valence-electron chi connectivity index (χ4n) is 1.08. The monoisotopic (exact) mass is 234 g/mol. The molecule has 2 N–H and O–H groups in total. The van der Waals surface area contributed by atoms with Crippen molar-refractivity contribution in [2.45, 2.75) is 20.3 Å². The largest absolute Gasteiger partial charge is 0.383 e. The summed E-state index contributed by atoms with van der Waals surface area (Å²) in [7, 11) is 0. The summed E-state index contributed by atoms with van der Waals surface area (Å²) in [6, 6.07) is 1.91. The van der Waals surface area contributed by atoms with Crippen LogP contribution in [0.15, 0.2) is 12.3 Å². The summed E-state index contributed by atoms with van der Waals surface area (Å²) in [6.07, 6.45) is 2.39. The summed E-state index contributed by atoms with van der Waals surface area (Å²) < 4.78 is 0.